The Hall–Kier alpha value is -3.08. The van der Waals surface area contributed by atoms with Crippen molar-refractivity contribution in [2.45, 2.75) is 13.8 Å². The fraction of sp³-hybridized carbons (Fsp3) is 0.200. The molecule has 2 N–H and O–H groups in total. The number of hydrogen-bond acceptors (Lipinski definition) is 3. The molecule has 2 aromatic carbocycles. The van der Waals surface area contributed by atoms with Crippen molar-refractivity contribution in [3.05, 3.63) is 65.7 Å². The number of carbonyl (C=O) groups excluding carboxylic acids is 2. The first kappa shape index (κ1) is 18.3. The van der Waals surface area contributed by atoms with Crippen LogP contribution in [0.5, 0.6) is 5.75 Å². The highest BCUT2D eigenvalue weighted by Gasteiger charge is 2.05. The second-order valence-corrected chi connectivity index (χ2v) is 5.26. The molecule has 5 heteroatoms. The number of anilines is 1. The van der Waals surface area contributed by atoms with Crippen LogP contribution in [0, 0.1) is 0 Å². The van der Waals surface area contributed by atoms with Gasteiger partial charge in [0.2, 0.25) is 5.91 Å². The highest BCUT2D eigenvalue weighted by molar-refractivity contribution is 6.03. The minimum atomic E-state index is -0.262. The fourth-order valence-electron chi connectivity index (χ4n) is 2.20. The zero-order chi connectivity index (χ0) is 18.1. The van der Waals surface area contributed by atoms with Crippen molar-refractivity contribution < 1.29 is 14.3 Å². The predicted octanol–water partition coefficient (Wildman–Crippen LogP) is 3.49. The number of nitrogens with one attached hydrogen (secondary N) is 2. The Morgan fingerprint density at radius 2 is 1.84 bits per heavy atom. The summed E-state index contributed by atoms with van der Waals surface area (Å²) >= 11 is 0. The van der Waals surface area contributed by atoms with Gasteiger partial charge in [-0.05, 0) is 55.8 Å². The van der Waals surface area contributed by atoms with Gasteiger partial charge in [0.05, 0.1) is 6.61 Å². The quantitative estimate of drug-likeness (QED) is 0.760. The molecular weight excluding hydrogens is 316 g/mol. The Morgan fingerprint density at radius 3 is 2.52 bits per heavy atom. The molecule has 0 radical (unpaired) electrons. The summed E-state index contributed by atoms with van der Waals surface area (Å²) in [7, 11) is 0. The van der Waals surface area contributed by atoms with E-state index in [4.69, 9.17) is 4.74 Å². The third-order valence-corrected chi connectivity index (χ3v) is 3.35. The molecule has 2 amide bonds. The van der Waals surface area contributed by atoms with E-state index in [1.807, 2.05) is 38.1 Å². The lowest BCUT2D eigenvalue weighted by Crippen LogP contribution is -2.22. The molecule has 130 valence electrons. The van der Waals surface area contributed by atoms with Crippen LogP contribution in [-0.4, -0.2) is 25.0 Å². The summed E-state index contributed by atoms with van der Waals surface area (Å²) in [5.41, 5.74) is 1.98. The maximum atomic E-state index is 12.0. The van der Waals surface area contributed by atoms with E-state index in [0.717, 1.165) is 11.3 Å². The molecule has 0 bridgehead atoms. The Kier molecular flexibility index (Phi) is 6.77. The van der Waals surface area contributed by atoms with Crippen LogP contribution in [0.1, 0.15) is 29.8 Å². The minimum Gasteiger partial charge on any atom is -0.494 e. The molecule has 0 aliphatic rings. The van der Waals surface area contributed by atoms with Crippen molar-refractivity contribution in [3.63, 3.8) is 0 Å². The Morgan fingerprint density at radius 1 is 1.08 bits per heavy atom. The summed E-state index contributed by atoms with van der Waals surface area (Å²) in [6, 6.07) is 14.3. The maximum Gasteiger partial charge on any atom is 0.251 e. The van der Waals surface area contributed by atoms with Crippen molar-refractivity contribution in [1.82, 2.24) is 5.32 Å². The average Bonchev–Trinajstić information content (AvgIpc) is 2.62. The van der Waals surface area contributed by atoms with Gasteiger partial charge < -0.3 is 15.4 Å². The van der Waals surface area contributed by atoms with Crippen molar-refractivity contribution in [2.75, 3.05) is 18.5 Å². The topological polar surface area (TPSA) is 67.4 Å². The number of benzene rings is 2. The summed E-state index contributed by atoms with van der Waals surface area (Å²) in [6.07, 6.45) is 3.17. The Bertz CT molecular complexity index is 752. The molecule has 0 fully saturated rings. The summed E-state index contributed by atoms with van der Waals surface area (Å²) in [6.45, 7) is 4.96. The van der Waals surface area contributed by atoms with E-state index in [0.29, 0.717) is 24.4 Å². The van der Waals surface area contributed by atoms with Crippen LogP contribution in [0.15, 0.2) is 54.6 Å². The number of hydrogen-bond donors (Lipinski definition) is 2. The molecule has 0 unspecified atom stereocenters. The SMILES string of the molecule is CCNC(=O)c1cccc(NC(=O)C=Cc2ccc(OCC)cc2)c1. The smallest absolute Gasteiger partial charge is 0.251 e. The third-order valence-electron chi connectivity index (χ3n) is 3.35. The zero-order valence-corrected chi connectivity index (χ0v) is 14.4. The molecule has 0 aliphatic carbocycles. The highest BCUT2D eigenvalue weighted by atomic mass is 16.5. The van der Waals surface area contributed by atoms with E-state index in [2.05, 4.69) is 10.6 Å². The zero-order valence-electron chi connectivity index (χ0n) is 14.4. The fourth-order valence-corrected chi connectivity index (χ4v) is 2.20. The standard InChI is InChI=1S/C20H22N2O3/c1-3-21-20(24)16-6-5-7-17(14-16)22-19(23)13-10-15-8-11-18(12-9-15)25-4-2/h5-14H,3-4H2,1-2H3,(H,21,24)(H,22,23). The molecule has 2 aromatic rings. The number of ether oxygens (including phenoxy) is 1. The maximum absolute atomic E-state index is 12.0. The van der Waals surface area contributed by atoms with Crippen molar-refractivity contribution in [3.8, 4) is 5.75 Å². The van der Waals surface area contributed by atoms with Crippen LogP contribution < -0.4 is 15.4 Å². The van der Waals surface area contributed by atoms with E-state index in [1.165, 1.54) is 6.08 Å². The van der Waals surface area contributed by atoms with Crippen LogP contribution in [0.25, 0.3) is 6.08 Å². The van der Waals surface area contributed by atoms with E-state index in [9.17, 15) is 9.59 Å². The summed E-state index contributed by atoms with van der Waals surface area (Å²) in [5, 5.41) is 5.48. The van der Waals surface area contributed by atoms with E-state index in [1.54, 1.807) is 30.3 Å². The average molecular weight is 338 g/mol. The van der Waals surface area contributed by atoms with Crippen molar-refractivity contribution in [2.24, 2.45) is 0 Å². The van der Waals surface area contributed by atoms with Gasteiger partial charge in [-0.2, -0.15) is 0 Å². The molecule has 2 rings (SSSR count). The van der Waals surface area contributed by atoms with Gasteiger partial charge in [-0.3, -0.25) is 9.59 Å². The molecule has 0 saturated carbocycles. The van der Waals surface area contributed by atoms with Gasteiger partial charge in [-0.15, -0.1) is 0 Å². The van der Waals surface area contributed by atoms with Crippen LogP contribution in [0.4, 0.5) is 5.69 Å². The van der Waals surface area contributed by atoms with Crippen molar-refractivity contribution >= 4 is 23.6 Å². The predicted molar refractivity (Wildman–Crippen MR) is 99.7 cm³/mol. The molecular formula is C20H22N2O3. The normalized spacial score (nSPS) is 10.5. The largest absolute Gasteiger partial charge is 0.494 e. The third kappa shape index (κ3) is 5.80. The van der Waals surface area contributed by atoms with Crippen LogP contribution in [0.3, 0.4) is 0 Å². The van der Waals surface area contributed by atoms with Gasteiger partial charge in [0.1, 0.15) is 5.75 Å². The summed E-state index contributed by atoms with van der Waals surface area (Å²) in [5.74, 6) is 0.372. The lowest BCUT2D eigenvalue weighted by Gasteiger charge is -2.06. The van der Waals surface area contributed by atoms with Gasteiger partial charge in [0.25, 0.3) is 5.91 Å². The molecule has 0 spiro atoms. The van der Waals surface area contributed by atoms with Gasteiger partial charge in [0.15, 0.2) is 0 Å². The number of rotatable bonds is 7. The van der Waals surface area contributed by atoms with Crippen LogP contribution >= 0.6 is 0 Å². The van der Waals surface area contributed by atoms with Gasteiger partial charge >= 0.3 is 0 Å². The molecule has 0 aromatic heterocycles. The van der Waals surface area contributed by atoms with Crippen LogP contribution in [0.2, 0.25) is 0 Å². The number of carbonyl (C=O) groups is 2. The van der Waals surface area contributed by atoms with Crippen molar-refractivity contribution in [1.29, 1.82) is 0 Å². The molecule has 0 atom stereocenters. The molecule has 0 saturated heterocycles. The molecule has 25 heavy (non-hydrogen) atoms. The second-order valence-electron chi connectivity index (χ2n) is 5.26. The van der Waals surface area contributed by atoms with Gasteiger partial charge in [0, 0.05) is 23.9 Å². The summed E-state index contributed by atoms with van der Waals surface area (Å²) in [4.78, 5) is 23.9. The first-order chi connectivity index (χ1) is 12.1. The van der Waals surface area contributed by atoms with E-state index in [-0.39, 0.29) is 11.8 Å². The van der Waals surface area contributed by atoms with Gasteiger partial charge in [-0.1, -0.05) is 18.2 Å². The first-order valence-electron chi connectivity index (χ1n) is 8.22. The van der Waals surface area contributed by atoms with E-state index >= 15 is 0 Å². The Labute approximate surface area is 147 Å². The van der Waals surface area contributed by atoms with E-state index < -0.39 is 0 Å². The highest BCUT2D eigenvalue weighted by Crippen LogP contribution is 2.14. The van der Waals surface area contributed by atoms with Crippen LogP contribution in [-0.2, 0) is 4.79 Å². The van der Waals surface area contributed by atoms with Gasteiger partial charge in [-0.25, -0.2) is 0 Å². The molecule has 0 aliphatic heterocycles. The lowest BCUT2D eigenvalue weighted by atomic mass is 10.2. The second kappa shape index (κ2) is 9.27. The molecule has 5 nitrogen and oxygen atoms in total. The first-order valence-corrected chi connectivity index (χ1v) is 8.22. The lowest BCUT2D eigenvalue weighted by molar-refractivity contribution is -0.111. The summed E-state index contributed by atoms with van der Waals surface area (Å²) < 4.78 is 5.38. The minimum absolute atomic E-state index is 0.163. The number of amides is 2. The Balaban J connectivity index is 1.97. The monoisotopic (exact) mass is 338 g/mol. The molecule has 0 heterocycles.